The number of anilines is 2. The number of benzene rings is 2. The van der Waals surface area contributed by atoms with Gasteiger partial charge in [0.15, 0.2) is 0 Å². The molecule has 0 aliphatic heterocycles. The molecule has 0 heterocycles. The van der Waals surface area contributed by atoms with E-state index < -0.39 is 0 Å². The van der Waals surface area contributed by atoms with Gasteiger partial charge in [-0.3, -0.25) is 9.59 Å². The summed E-state index contributed by atoms with van der Waals surface area (Å²) in [5.74, 6) is 0.759. The van der Waals surface area contributed by atoms with Gasteiger partial charge in [-0.25, -0.2) is 0 Å². The van der Waals surface area contributed by atoms with Gasteiger partial charge in [0.25, 0.3) is 5.91 Å². The number of rotatable bonds is 6. The average Bonchev–Trinajstić information content (AvgIpc) is 2.56. The highest BCUT2D eigenvalue weighted by molar-refractivity contribution is 6.04. The Hall–Kier alpha value is -2.82. The highest BCUT2D eigenvalue weighted by atomic mass is 16.5. The van der Waals surface area contributed by atoms with Crippen molar-refractivity contribution in [2.24, 2.45) is 5.92 Å². The van der Waals surface area contributed by atoms with Crippen molar-refractivity contribution in [2.75, 3.05) is 17.7 Å². The quantitative estimate of drug-likeness (QED) is 0.826. The predicted molar refractivity (Wildman–Crippen MR) is 100 cm³/mol. The molecule has 2 rings (SSSR count). The van der Waals surface area contributed by atoms with Crippen molar-refractivity contribution in [1.29, 1.82) is 0 Å². The number of carbonyl (C=O) groups is 2. The van der Waals surface area contributed by atoms with Gasteiger partial charge in [0, 0.05) is 23.4 Å². The van der Waals surface area contributed by atoms with Gasteiger partial charge in [0.2, 0.25) is 5.91 Å². The lowest BCUT2D eigenvalue weighted by Crippen LogP contribution is -2.14. The summed E-state index contributed by atoms with van der Waals surface area (Å²) in [4.78, 5) is 24.1. The van der Waals surface area contributed by atoms with Gasteiger partial charge in [0.05, 0.1) is 7.11 Å². The van der Waals surface area contributed by atoms with Crippen molar-refractivity contribution in [3.8, 4) is 5.75 Å². The average molecular weight is 340 g/mol. The van der Waals surface area contributed by atoms with Gasteiger partial charge in [-0.15, -0.1) is 0 Å². The Labute approximate surface area is 148 Å². The Morgan fingerprint density at radius 1 is 1.00 bits per heavy atom. The monoisotopic (exact) mass is 340 g/mol. The topological polar surface area (TPSA) is 67.4 Å². The van der Waals surface area contributed by atoms with Crippen molar-refractivity contribution in [1.82, 2.24) is 0 Å². The number of amides is 2. The fourth-order valence-corrected chi connectivity index (χ4v) is 2.38. The van der Waals surface area contributed by atoms with Gasteiger partial charge in [-0.1, -0.05) is 19.9 Å². The molecule has 0 aliphatic rings. The molecule has 0 fully saturated rings. The summed E-state index contributed by atoms with van der Waals surface area (Å²) in [6.45, 7) is 5.92. The number of nitrogens with one attached hydrogen (secondary N) is 2. The van der Waals surface area contributed by atoms with Crippen LogP contribution in [0.3, 0.4) is 0 Å². The Kier molecular flexibility index (Phi) is 6.17. The lowest BCUT2D eigenvalue weighted by molar-refractivity contribution is -0.116. The minimum Gasteiger partial charge on any atom is -0.496 e. The molecule has 0 aliphatic carbocycles. The van der Waals surface area contributed by atoms with E-state index in [-0.39, 0.29) is 11.8 Å². The van der Waals surface area contributed by atoms with Crippen molar-refractivity contribution in [3.05, 3.63) is 53.6 Å². The van der Waals surface area contributed by atoms with Crippen LogP contribution in [0.25, 0.3) is 0 Å². The third-order valence-corrected chi connectivity index (χ3v) is 3.69. The molecule has 2 aromatic carbocycles. The summed E-state index contributed by atoms with van der Waals surface area (Å²) in [6.07, 6.45) is 0.480. The second-order valence-electron chi connectivity index (χ2n) is 6.36. The van der Waals surface area contributed by atoms with E-state index in [1.54, 1.807) is 43.5 Å². The molecule has 25 heavy (non-hydrogen) atoms. The maximum absolute atomic E-state index is 12.3. The zero-order valence-corrected chi connectivity index (χ0v) is 15.1. The predicted octanol–water partition coefficient (Wildman–Crippen LogP) is 4.24. The summed E-state index contributed by atoms with van der Waals surface area (Å²) in [5.41, 5.74) is 2.87. The zero-order valence-electron chi connectivity index (χ0n) is 15.1. The van der Waals surface area contributed by atoms with Gasteiger partial charge in [-0.05, 0) is 54.8 Å². The molecule has 2 amide bonds. The van der Waals surface area contributed by atoms with Crippen LogP contribution >= 0.6 is 0 Å². The standard InChI is InChI=1S/C20H24N2O3/c1-13(2)11-19(23)21-16-7-9-17(10-8-16)22-20(24)15-6-5-14(3)18(12-15)25-4/h5-10,12-13H,11H2,1-4H3,(H,21,23)(H,22,24). The first-order chi connectivity index (χ1) is 11.9. The summed E-state index contributed by atoms with van der Waals surface area (Å²) in [6, 6.07) is 12.4. The van der Waals surface area contributed by atoms with Crippen LogP contribution in [-0.2, 0) is 4.79 Å². The van der Waals surface area contributed by atoms with Crippen molar-refractivity contribution in [2.45, 2.75) is 27.2 Å². The molecule has 5 nitrogen and oxygen atoms in total. The molecule has 0 radical (unpaired) electrons. The third-order valence-electron chi connectivity index (χ3n) is 3.69. The van der Waals surface area contributed by atoms with Crippen LogP contribution in [0.5, 0.6) is 5.75 Å². The fraction of sp³-hybridized carbons (Fsp3) is 0.300. The summed E-state index contributed by atoms with van der Waals surface area (Å²) in [5, 5.41) is 5.67. The van der Waals surface area contributed by atoms with E-state index in [2.05, 4.69) is 10.6 Å². The van der Waals surface area contributed by atoms with Crippen molar-refractivity contribution in [3.63, 3.8) is 0 Å². The first kappa shape index (κ1) is 18.5. The van der Waals surface area contributed by atoms with E-state index in [4.69, 9.17) is 4.74 Å². The van der Waals surface area contributed by atoms with Gasteiger partial charge in [-0.2, -0.15) is 0 Å². The molecule has 0 saturated heterocycles. The largest absolute Gasteiger partial charge is 0.496 e. The molecule has 0 aromatic heterocycles. The molecule has 0 atom stereocenters. The Morgan fingerprint density at radius 3 is 2.16 bits per heavy atom. The highest BCUT2D eigenvalue weighted by Crippen LogP contribution is 2.20. The van der Waals surface area contributed by atoms with Gasteiger partial charge >= 0.3 is 0 Å². The second kappa shape index (κ2) is 8.33. The van der Waals surface area contributed by atoms with E-state index >= 15 is 0 Å². The molecule has 0 saturated carbocycles. The number of aryl methyl sites for hydroxylation is 1. The van der Waals surface area contributed by atoms with Crippen molar-refractivity contribution < 1.29 is 14.3 Å². The minimum absolute atomic E-state index is 0.0152. The van der Waals surface area contributed by atoms with E-state index in [0.717, 1.165) is 5.56 Å². The van der Waals surface area contributed by atoms with Gasteiger partial charge in [0.1, 0.15) is 5.75 Å². The molecule has 0 bridgehead atoms. The van der Waals surface area contributed by atoms with Crippen LogP contribution in [0.1, 0.15) is 36.2 Å². The van der Waals surface area contributed by atoms with Crippen LogP contribution in [0.4, 0.5) is 11.4 Å². The number of hydrogen-bond donors (Lipinski definition) is 2. The maximum Gasteiger partial charge on any atom is 0.255 e. The Bertz CT molecular complexity index is 752. The smallest absolute Gasteiger partial charge is 0.255 e. The number of ether oxygens (including phenoxy) is 1. The van der Waals surface area contributed by atoms with E-state index in [1.165, 1.54) is 0 Å². The SMILES string of the molecule is COc1cc(C(=O)Nc2ccc(NC(=O)CC(C)C)cc2)ccc1C. The minimum atomic E-state index is -0.213. The van der Waals surface area contributed by atoms with Crippen LogP contribution < -0.4 is 15.4 Å². The van der Waals surface area contributed by atoms with E-state index in [1.807, 2.05) is 26.8 Å². The van der Waals surface area contributed by atoms with E-state index in [0.29, 0.717) is 35.0 Å². The summed E-state index contributed by atoms with van der Waals surface area (Å²) in [7, 11) is 1.58. The normalized spacial score (nSPS) is 10.4. The lowest BCUT2D eigenvalue weighted by atomic mass is 10.1. The molecule has 132 valence electrons. The third kappa shape index (κ3) is 5.35. The van der Waals surface area contributed by atoms with Crippen LogP contribution in [0, 0.1) is 12.8 Å². The number of carbonyl (C=O) groups excluding carboxylic acids is 2. The maximum atomic E-state index is 12.3. The fourth-order valence-electron chi connectivity index (χ4n) is 2.38. The van der Waals surface area contributed by atoms with Crippen LogP contribution in [-0.4, -0.2) is 18.9 Å². The molecular weight excluding hydrogens is 316 g/mol. The second-order valence-corrected chi connectivity index (χ2v) is 6.36. The molecule has 2 N–H and O–H groups in total. The van der Waals surface area contributed by atoms with E-state index in [9.17, 15) is 9.59 Å². The zero-order chi connectivity index (χ0) is 18.4. The number of hydrogen-bond acceptors (Lipinski definition) is 3. The first-order valence-corrected chi connectivity index (χ1v) is 8.25. The molecule has 2 aromatic rings. The molecule has 0 spiro atoms. The lowest BCUT2D eigenvalue weighted by Gasteiger charge is -2.10. The van der Waals surface area contributed by atoms with Gasteiger partial charge < -0.3 is 15.4 Å². The summed E-state index contributed by atoms with van der Waals surface area (Å²) >= 11 is 0. The summed E-state index contributed by atoms with van der Waals surface area (Å²) < 4.78 is 5.25. The Morgan fingerprint density at radius 2 is 1.60 bits per heavy atom. The first-order valence-electron chi connectivity index (χ1n) is 8.25. The molecule has 0 unspecified atom stereocenters. The van der Waals surface area contributed by atoms with Crippen LogP contribution in [0.2, 0.25) is 0 Å². The molecular formula is C20H24N2O3. The van der Waals surface area contributed by atoms with Crippen LogP contribution in [0.15, 0.2) is 42.5 Å². The number of methoxy groups -OCH3 is 1. The molecule has 5 heteroatoms. The Balaban J connectivity index is 2.01. The van der Waals surface area contributed by atoms with Crippen molar-refractivity contribution >= 4 is 23.2 Å². The highest BCUT2D eigenvalue weighted by Gasteiger charge is 2.09.